The van der Waals surface area contributed by atoms with Gasteiger partial charge in [-0.1, -0.05) is 6.42 Å². The van der Waals surface area contributed by atoms with Crippen LogP contribution in [0.5, 0.6) is 0 Å². The molecule has 0 radical (unpaired) electrons. The van der Waals surface area contributed by atoms with Gasteiger partial charge in [0.25, 0.3) is 0 Å². The summed E-state index contributed by atoms with van der Waals surface area (Å²) in [5.41, 5.74) is 0. The molecular weight excluding hydrogens is 194 g/mol. The Balaban J connectivity index is 1.55. The van der Waals surface area contributed by atoms with E-state index in [0.717, 1.165) is 39.1 Å². The van der Waals surface area contributed by atoms with Crippen molar-refractivity contribution in [2.24, 2.45) is 5.92 Å². The lowest BCUT2D eigenvalue weighted by Gasteiger charge is -2.31. The molecule has 0 bridgehead atoms. The number of carbonyl (C=O) groups is 1. The number of carbonyl (C=O) groups excluding carboxylic acids is 1. The van der Waals surface area contributed by atoms with Crippen LogP contribution >= 0.6 is 0 Å². The van der Waals surface area contributed by atoms with Crippen LogP contribution in [0.2, 0.25) is 0 Å². The van der Waals surface area contributed by atoms with Crippen molar-refractivity contribution in [1.29, 1.82) is 0 Å². The number of ether oxygens (including phenoxy) is 2. The standard InChI is InChI=1S/C11H17NO3/c13-11(8-2-1-3-8)12(4-9-6-14-9)5-10-7-15-10/h8-10H,1-7H2. The van der Waals surface area contributed by atoms with Crippen LogP contribution in [0.4, 0.5) is 0 Å². The van der Waals surface area contributed by atoms with Gasteiger partial charge in [-0.05, 0) is 12.8 Å². The first-order valence-corrected chi connectivity index (χ1v) is 5.85. The number of rotatable bonds is 5. The number of hydrogen-bond acceptors (Lipinski definition) is 3. The molecule has 2 unspecified atom stereocenters. The number of epoxide rings is 2. The molecule has 1 saturated carbocycles. The van der Waals surface area contributed by atoms with E-state index in [-0.39, 0.29) is 0 Å². The zero-order chi connectivity index (χ0) is 10.3. The Morgan fingerprint density at radius 1 is 1.13 bits per heavy atom. The fourth-order valence-electron chi connectivity index (χ4n) is 2.01. The summed E-state index contributed by atoms with van der Waals surface area (Å²) in [6.45, 7) is 3.18. The van der Waals surface area contributed by atoms with Crippen LogP contribution in [0, 0.1) is 5.92 Å². The number of nitrogens with zero attached hydrogens (tertiary/aromatic N) is 1. The molecule has 0 aromatic rings. The average Bonchev–Trinajstić information content (AvgIpc) is 2.92. The highest BCUT2D eigenvalue weighted by molar-refractivity contribution is 5.79. The zero-order valence-electron chi connectivity index (χ0n) is 8.85. The first kappa shape index (κ1) is 9.60. The second-order valence-corrected chi connectivity index (χ2v) is 4.78. The van der Waals surface area contributed by atoms with Gasteiger partial charge in [-0.3, -0.25) is 4.79 Å². The van der Waals surface area contributed by atoms with Gasteiger partial charge < -0.3 is 14.4 Å². The van der Waals surface area contributed by atoms with Gasteiger partial charge in [0.2, 0.25) is 5.91 Å². The van der Waals surface area contributed by atoms with E-state index in [1.165, 1.54) is 6.42 Å². The largest absolute Gasteiger partial charge is 0.371 e. The van der Waals surface area contributed by atoms with Crippen molar-refractivity contribution < 1.29 is 14.3 Å². The molecule has 0 aromatic heterocycles. The van der Waals surface area contributed by atoms with E-state index in [2.05, 4.69) is 0 Å². The lowest BCUT2D eigenvalue weighted by Crippen LogP contribution is -2.42. The third-order valence-corrected chi connectivity index (χ3v) is 3.42. The summed E-state index contributed by atoms with van der Waals surface area (Å²) in [7, 11) is 0. The second-order valence-electron chi connectivity index (χ2n) is 4.78. The minimum atomic E-state index is 0.294. The predicted molar refractivity (Wildman–Crippen MR) is 53.4 cm³/mol. The van der Waals surface area contributed by atoms with E-state index >= 15 is 0 Å². The quantitative estimate of drug-likeness (QED) is 0.619. The molecule has 0 aromatic carbocycles. The van der Waals surface area contributed by atoms with E-state index in [1.807, 2.05) is 4.90 Å². The number of amides is 1. The lowest BCUT2D eigenvalue weighted by molar-refractivity contribution is -0.138. The summed E-state index contributed by atoms with van der Waals surface area (Å²) in [5.74, 6) is 0.620. The molecule has 0 spiro atoms. The first-order valence-electron chi connectivity index (χ1n) is 5.85. The van der Waals surface area contributed by atoms with Gasteiger partial charge in [-0.2, -0.15) is 0 Å². The highest BCUT2D eigenvalue weighted by Gasteiger charge is 2.36. The van der Waals surface area contributed by atoms with Crippen LogP contribution in [0.25, 0.3) is 0 Å². The molecule has 2 saturated heterocycles. The van der Waals surface area contributed by atoms with Crippen molar-refractivity contribution >= 4 is 5.91 Å². The van der Waals surface area contributed by atoms with Crippen LogP contribution in [0.3, 0.4) is 0 Å². The Morgan fingerprint density at radius 3 is 2.00 bits per heavy atom. The molecule has 0 N–H and O–H groups in total. The van der Waals surface area contributed by atoms with Crippen LogP contribution in [-0.4, -0.2) is 49.3 Å². The number of hydrogen-bond donors (Lipinski definition) is 0. The molecule has 3 aliphatic rings. The fourth-order valence-corrected chi connectivity index (χ4v) is 2.01. The summed E-state index contributed by atoms with van der Waals surface area (Å²) in [6, 6.07) is 0. The normalized spacial score (nSPS) is 33.3. The third kappa shape index (κ3) is 2.32. The molecule has 1 amide bonds. The highest BCUT2D eigenvalue weighted by Crippen LogP contribution is 2.29. The van der Waals surface area contributed by atoms with Gasteiger partial charge in [-0.25, -0.2) is 0 Å². The minimum Gasteiger partial charge on any atom is -0.371 e. The summed E-state index contributed by atoms with van der Waals surface area (Å²) >= 11 is 0. The van der Waals surface area contributed by atoms with Crippen molar-refractivity contribution in [3.05, 3.63) is 0 Å². The smallest absolute Gasteiger partial charge is 0.225 e. The highest BCUT2D eigenvalue weighted by atomic mass is 16.6. The van der Waals surface area contributed by atoms with Gasteiger partial charge >= 0.3 is 0 Å². The van der Waals surface area contributed by atoms with E-state index in [1.54, 1.807) is 0 Å². The lowest BCUT2D eigenvalue weighted by atomic mass is 9.84. The first-order chi connectivity index (χ1) is 7.33. The van der Waals surface area contributed by atoms with Crippen LogP contribution < -0.4 is 0 Å². The summed E-state index contributed by atoms with van der Waals surface area (Å²) in [4.78, 5) is 14.0. The Hall–Kier alpha value is -0.610. The van der Waals surface area contributed by atoms with Gasteiger partial charge in [0.1, 0.15) is 0 Å². The molecule has 84 valence electrons. The predicted octanol–water partition coefficient (Wildman–Crippen LogP) is 0.413. The van der Waals surface area contributed by atoms with Gasteiger partial charge in [0.05, 0.1) is 25.4 Å². The summed E-state index contributed by atoms with van der Waals surface area (Å²) < 4.78 is 10.4. The maximum atomic E-state index is 12.1. The van der Waals surface area contributed by atoms with Crippen LogP contribution in [0.15, 0.2) is 0 Å². The monoisotopic (exact) mass is 211 g/mol. The maximum absolute atomic E-state index is 12.1. The molecule has 2 heterocycles. The van der Waals surface area contributed by atoms with Crippen molar-refractivity contribution in [2.45, 2.75) is 31.5 Å². The van der Waals surface area contributed by atoms with Gasteiger partial charge in [0.15, 0.2) is 0 Å². The third-order valence-electron chi connectivity index (χ3n) is 3.42. The molecule has 1 aliphatic carbocycles. The molecule has 2 aliphatic heterocycles. The SMILES string of the molecule is O=C(C1CCC1)N(CC1CO1)CC1CO1. The fraction of sp³-hybridized carbons (Fsp3) is 0.909. The van der Waals surface area contributed by atoms with Crippen molar-refractivity contribution in [2.75, 3.05) is 26.3 Å². The molecule has 3 fully saturated rings. The minimum absolute atomic E-state index is 0.294. The molecular formula is C11H17NO3. The topological polar surface area (TPSA) is 45.4 Å². The molecule has 2 atom stereocenters. The maximum Gasteiger partial charge on any atom is 0.225 e. The molecule has 3 rings (SSSR count). The Kier molecular flexibility index (Phi) is 2.41. The van der Waals surface area contributed by atoms with Crippen molar-refractivity contribution in [3.63, 3.8) is 0 Å². The van der Waals surface area contributed by atoms with Gasteiger partial charge in [0, 0.05) is 19.0 Å². The Bertz CT molecular complexity index is 243. The molecule has 4 heteroatoms. The summed E-state index contributed by atoms with van der Waals surface area (Å²) in [5, 5.41) is 0. The molecule has 4 nitrogen and oxygen atoms in total. The second kappa shape index (κ2) is 3.76. The Morgan fingerprint density at radius 2 is 1.67 bits per heavy atom. The van der Waals surface area contributed by atoms with E-state index in [0.29, 0.717) is 24.0 Å². The van der Waals surface area contributed by atoms with Crippen molar-refractivity contribution in [1.82, 2.24) is 4.90 Å². The summed E-state index contributed by atoms with van der Waals surface area (Å²) in [6.07, 6.45) is 3.96. The Labute approximate surface area is 89.5 Å². The van der Waals surface area contributed by atoms with Gasteiger partial charge in [-0.15, -0.1) is 0 Å². The van der Waals surface area contributed by atoms with E-state index in [9.17, 15) is 4.79 Å². The average molecular weight is 211 g/mol. The van der Waals surface area contributed by atoms with Crippen LogP contribution in [0.1, 0.15) is 19.3 Å². The van der Waals surface area contributed by atoms with E-state index < -0.39 is 0 Å². The zero-order valence-corrected chi connectivity index (χ0v) is 8.85. The van der Waals surface area contributed by atoms with Crippen LogP contribution in [-0.2, 0) is 14.3 Å². The van der Waals surface area contributed by atoms with E-state index in [4.69, 9.17) is 9.47 Å². The molecule has 15 heavy (non-hydrogen) atoms. The van der Waals surface area contributed by atoms with Crippen molar-refractivity contribution in [3.8, 4) is 0 Å².